The average molecular weight is 269 g/mol. The number of hydrogen-bond acceptors (Lipinski definition) is 1. The van der Waals surface area contributed by atoms with E-state index in [1.807, 2.05) is 0 Å². The number of anilines is 1. The maximum atomic E-state index is 13.5. The van der Waals surface area contributed by atoms with E-state index in [0.717, 1.165) is 17.7 Å². The van der Waals surface area contributed by atoms with Gasteiger partial charge in [0.25, 0.3) is 0 Å². The molecule has 5 heteroatoms. The molecule has 0 spiro atoms. The van der Waals surface area contributed by atoms with Crippen molar-refractivity contribution in [1.82, 2.24) is 0 Å². The number of nitrogens with two attached hydrogens (primary N) is 1. The van der Waals surface area contributed by atoms with Gasteiger partial charge in [-0.15, -0.1) is 0 Å². The summed E-state index contributed by atoms with van der Waals surface area (Å²) in [5, 5.41) is 0. The van der Waals surface area contributed by atoms with Crippen molar-refractivity contribution >= 4 is 5.69 Å². The van der Waals surface area contributed by atoms with E-state index in [2.05, 4.69) is 0 Å². The second-order valence-electron chi connectivity index (χ2n) is 4.26. The predicted octanol–water partition coefficient (Wildman–Crippen LogP) is 4.40. The molecule has 0 aliphatic heterocycles. The summed E-state index contributed by atoms with van der Waals surface area (Å²) in [7, 11) is 0. The van der Waals surface area contributed by atoms with Crippen LogP contribution in [0.3, 0.4) is 0 Å². The van der Waals surface area contributed by atoms with Crippen LogP contribution in [0, 0.1) is 12.7 Å². The molecule has 0 radical (unpaired) electrons. The van der Waals surface area contributed by atoms with Crippen LogP contribution in [0.1, 0.15) is 11.1 Å². The lowest BCUT2D eigenvalue weighted by atomic mass is 10.0. The normalized spacial score (nSPS) is 11.6. The molecule has 2 rings (SSSR count). The summed E-state index contributed by atoms with van der Waals surface area (Å²) in [5.74, 6) is -1.28. The first-order valence-corrected chi connectivity index (χ1v) is 5.52. The number of benzene rings is 2. The highest BCUT2D eigenvalue weighted by Crippen LogP contribution is 2.33. The zero-order valence-corrected chi connectivity index (χ0v) is 10.1. The van der Waals surface area contributed by atoms with Gasteiger partial charge in [0.2, 0.25) is 0 Å². The molecule has 0 atom stereocenters. The minimum atomic E-state index is -4.68. The van der Waals surface area contributed by atoms with Crippen LogP contribution in [0.15, 0.2) is 36.4 Å². The van der Waals surface area contributed by atoms with Crippen molar-refractivity contribution in [2.75, 3.05) is 5.73 Å². The Hall–Kier alpha value is -2.04. The van der Waals surface area contributed by atoms with Gasteiger partial charge in [-0.1, -0.05) is 12.1 Å². The molecule has 1 nitrogen and oxygen atoms in total. The van der Waals surface area contributed by atoms with E-state index < -0.39 is 17.6 Å². The first-order valence-electron chi connectivity index (χ1n) is 5.52. The SMILES string of the molecule is Cc1cc(-c2ccc(C(F)(F)F)c(F)c2)ccc1N. The van der Waals surface area contributed by atoms with Crippen molar-refractivity contribution in [2.45, 2.75) is 13.1 Å². The topological polar surface area (TPSA) is 26.0 Å². The summed E-state index contributed by atoms with van der Waals surface area (Å²) in [5.41, 5.74) is 6.77. The summed E-state index contributed by atoms with van der Waals surface area (Å²) >= 11 is 0. The third-order valence-corrected chi connectivity index (χ3v) is 2.88. The summed E-state index contributed by atoms with van der Waals surface area (Å²) in [4.78, 5) is 0. The lowest BCUT2D eigenvalue weighted by Crippen LogP contribution is -2.07. The number of aryl methyl sites for hydroxylation is 1. The number of hydrogen-bond donors (Lipinski definition) is 1. The van der Waals surface area contributed by atoms with Crippen molar-refractivity contribution in [3.8, 4) is 11.1 Å². The van der Waals surface area contributed by atoms with Gasteiger partial charge >= 0.3 is 6.18 Å². The first-order chi connectivity index (χ1) is 8.79. The quantitative estimate of drug-likeness (QED) is 0.602. The monoisotopic (exact) mass is 269 g/mol. The minimum Gasteiger partial charge on any atom is -0.399 e. The molecule has 0 amide bonds. The van der Waals surface area contributed by atoms with Crippen molar-refractivity contribution < 1.29 is 17.6 Å². The van der Waals surface area contributed by atoms with Crippen LogP contribution < -0.4 is 5.73 Å². The third kappa shape index (κ3) is 2.70. The fraction of sp³-hybridized carbons (Fsp3) is 0.143. The Kier molecular flexibility index (Phi) is 3.22. The van der Waals surface area contributed by atoms with Crippen molar-refractivity contribution in [3.05, 3.63) is 53.3 Å². The average Bonchev–Trinajstić information content (AvgIpc) is 2.31. The largest absolute Gasteiger partial charge is 0.419 e. The molecule has 0 fully saturated rings. The Morgan fingerprint density at radius 1 is 0.947 bits per heavy atom. The molecule has 0 bridgehead atoms. The summed E-state index contributed by atoms with van der Waals surface area (Å²) in [6.07, 6.45) is -4.68. The molecule has 0 aliphatic carbocycles. The maximum absolute atomic E-state index is 13.5. The number of nitrogen functional groups attached to an aromatic ring is 1. The van der Waals surface area contributed by atoms with Gasteiger partial charge < -0.3 is 5.73 Å². The maximum Gasteiger partial charge on any atom is 0.419 e. The molecule has 0 saturated heterocycles. The highest BCUT2D eigenvalue weighted by atomic mass is 19.4. The Balaban J connectivity index is 2.47. The lowest BCUT2D eigenvalue weighted by Gasteiger charge is -2.10. The van der Waals surface area contributed by atoms with Crippen LogP contribution in [0.25, 0.3) is 11.1 Å². The Morgan fingerprint density at radius 3 is 2.05 bits per heavy atom. The van der Waals surface area contributed by atoms with Crippen LogP contribution in [0.4, 0.5) is 23.2 Å². The van der Waals surface area contributed by atoms with Gasteiger partial charge in [-0.25, -0.2) is 4.39 Å². The second-order valence-corrected chi connectivity index (χ2v) is 4.26. The molecule has 19 heavy (non-hydrogen) atoms. The van der Waals surface area contributed by atoms with Gasteiger partial charge in [-0.05, 0) is 47.9 Å². The van der Waals surface area contributed by atoms with Crippen molar-refractivity contribution in [1.29, 1.82) is 0 Å². The third-order valence-electron chi connectivity index (χ3n) is 2.88. The van der Waals surface area contributed by atoms with Crippen molar-refractivity contribution in [3.63, 3.8) is 0 Å². The van der Waals surface area contributed by atoms with Crippen LogP contribution >= 0.6 is 0 Å². The van der Waals surface area contributed by atoms with Crippen LogP contribution in [-0.4, -0.2) is 0 Å². The zero-order valence-electron chi connectivity index (χ0n) is 10.1. The zero-order chi connectivity index (χ0) is 14.2. The molecule has 0 aliphatic rings. The number of rotatable bonds is 1. The van der Waals surface area contributed by atoms with Crippen molar-refractivity contribution in [2.24, 2.45) is 0 Å². The fourth-order valence-corrected chi connectivity index (χ4v) is 1.78. The Morgan fingerprint density at radius 2 is 1.53 bits per heavy atom. The molecular weight excluding hydrogens is 258 g/mol. The van der Waals surface area contributed by atoms with E-state index >= 15 is 0 Å². The standard InChI is InChI=1S/C14H11F4N/c1-8-6-9(3-5-13(8)19)10-2-4-11(12(15)7-10)14(16,17)18/h2-7H,19H2,1H3. The van der Waals surface area contributed by atoms with E-state index in [1.54, 1.807) is 25.1 Å². The van der Waals surface area contributed by atoms with E-state index in [-0.39, 0.29) is 0 Å². The minimum absolute atomic E-state index is 0.383. The summed E-state index contributed by atoms with van der Waals surface area (Å²) in [6.45, 7) is 1.78. The van der Waals surface area contributed by atoms with E-state index in [9.17, 15) is 17.6 Å². The molecule has 2 aromatic carbocycles. The van der Waals surface area contributed by atoms with Gasteiger partial charge in [-0.2, -0.15) is 13.2 Å². The number of alkyl halides is 3. The highest BCUT2D eigenvalue weighted by molar-refractivity contribution is 5.68. The van der Waals surface area contributed by atoms with Gasteiger partial charge in [0.15, 0.2) is 0 Å². The Bertz CT molecular complexity index is 617. The summed E-state index contributed by atoms with van der Waals surface area (Å²) < 4.78 is 50.8. The first kappa shape index (κ1) is 13.4. The predicted molar refractivity (Wildman–Crippen MR) is 66.0 cm³/mol. The molecular formula is C14H11F4N. The smallest absolute Gasteiger partial charge is 0.399 e. The fourth-order valence-electron chi connectivity index (χ4n) is 1.78. The summed E-state index contributed by atoms with van der Waals surface area (Å²) in [6, 6.07) is 7.86. The van der Waals surface area contributed by atoms with Crippen LogP contribution in [0.2, 0.25) is 0 Å². The second kappa shape index (κ2) is 4.57. The highest BCUT2D eigenvalue weighted by Gasteiger charge is 2.33. The van der Waals surface area contributed by atoms with Crippen LogP contribution in [0.5, 0.6) is 0 Å². The molecule has 0 unspecified atom stereocenters. The van der Waals surface area contributed by atoms with E-state index in [1.165, 1.54) is 6.07 Å². The van der Waals surface area contributed by atoms with Gasteiger partial charge in [0, 0.05) is 5.69 Å². The molecule has 100 valence electrons. The van der Waals surface area contributed by atoms with Gasteiger partial charge in [-0.3, -0.25) is 0 Å². The molecule has 0 saturated carbocycles. The lowest BCUT2D eigenvalue weighted by molar-refractivity contribution is -0.139. The molecule has 0 heterocycles. The van der Waals surface area contributed by atoms with Crippen LogP contribution in [-0.2, 0) is 6.18 Å². The Labute approximate surface area is 107 Å². The number of halogens is 4. The van der Waals surface area contributed by atoms with Gasteiger partial charge in [0.1, 0.15) is 5.82 Å². The van der Waals surface area contributed by atoms with Gasteiger partial charge in [0.05, 0.1) is 5.56 Å². The molecule has 2 N–H and O–H groups in total. The molecule has 0 aromatic heterocycles. The molecule has 2 aromatic rings. The van der Waals surface area contributed by atoms with E-state index in [4.69, 9.17) is 5.73 Å². The van der Waals surface area contributed by atoms with E-state index in [0.29, 0.717) is 16.8 Å².